The number of carbonyl (C=O) groups excluding carboxylic acids is 1. The topological polar surface area (TPSA) is 92.7 Å². The Morgan fingerprint density at radius 1 is 1.32 bits per heavy atom. The van der Waals surface area contributed by atoms with Crippen LogP contribution < -0.4 is 0 Å². The van der Waals surface area contributed by atoms with Crippen LogP contribution in [0.3, 0.4) is 0 Å². The minimum atomic E-state index is -3.22. The van der Waals surface area contributed by atoms with E-state index in [1.807, 2.05) is 0 Å². The number of likely N-dealkylation sites (tertiary alicyclic amines) is 1. The Morgan fingerprint density at radius 2 is 1.96 bits per heavy atom. The van der Waals surface area contributed by atoms with Gasteiger partial charge in [-0.05, 0) is 24.3 Å². The molecule has 8 nitrogen and oxygen atoms in total. The van der Waals surface area contributed by atoms with E-state index < -0.39 is 10.0 Å². The maximum absolute atomic E-state index is 12.5. The van der Waals surface area contributed by atoms with Gasteiger partial charge in [0.25, 0.3) is 5.91 Å². The van der Waals surface area contributed by atoms with Crippen LogP contribution in [0.15, 0.2) is 18.5 Å². The van der Waals surface area contributed by atoms with E-state index in [0.29, 0.717) is 32.8 Å². The standard InChI is InChI=1S/C16H24N4O4S/c1-24-11-13-10-20(25(2,22)23)12-16(13)4-8-19(9-5-16)15(21)14-17-6-3-7-18-14/h3,6-7,13H,4-5,8-12H2,1-2H3. The van der Waals surface area contributed by atoms with Gasteiger partial charge in [-0.1, -0.05) is 0 Å². The van der Waals surface area contributed by atoms with E-state index in [4.69, 9.17) is 4.74 Å². The Labute approximate surface area is 148 Å². The SMILES string of the molecule is COCC1CN(S(C)(=O)=O)CC12CCN(C(=O)c1ncccn1)CC2. The van der Waals surface area contributed by atoms with Crippen LogP contribution in [0.2, 0.25) is 0 Å². The third kappa shape index (κ3) is 3.68. The van der Waals surface area contributed by atoms with Crippen LogP contribution in [-0.4, -0.2) is 79.6 Å². The van der Waals surface area contributed by atoms with Gasteiger partial charge in [0.05, 0.1) is 12.9 Å². The summed E-state index contributed by atoms with van der Waals surface area (Å²) in [7, 11) is -1.58. The van der Waals surface area contributed by atoms with Crippen molar-refractivity contribution in [2.75, 3.05) is 46.2 Å². The Hall–Kier alpha value is -1.58. The van der Waals surface area contributed by atoms with Gasteiger partial charge < -0.3 is 9.64 Å². The number of rotatable bonds is 4. The first-order valence-corrected chi connectivity index (χ1v) is 10.2. The molecule has 3 heterocycles. The first-order chi connectivity index (χ1) is 11.9. The van der Waals surface area contributed by atoms with Crippen molar-refractivity contribution in [2.24, 2.45) is 11.3 Å². The average Bonchev–Trinajstić information content (AvgIpc) is 2.95. The molecule has 1 aromatic rings. The molecule has 9 heteroatoms. The molecule has 25 heavy (non-hydrogen) atoms. The van der Waals surface area contributed by atoms with Crippen molar-refractivity contribution < 1.29 is 17.9 Å². The van der Waals surface area contributed by atoms with Gasteiger partial charge in [0.2, 0.25) is 15.8 Å². The first kappa shape index (κ1) is 18.2. The monoisotopic (exact) mass is 368 g/mol. The van der Waals surface area contributed by atoms with Crippen molar-refractivity contribution in [1.82, 2.24) is 19.2 Å². The number of hydrogen-bond donors (Lipinski definition) is 0. The van der Waals surface area contributed by atoms with Gasteiger partial charge in [0.15, 0.2) is 0 Å². The lowest BCUT2D eigenvalue weighted by Gasteiger charge is -2.42. The largest absolute Gasteiger partial charge is 0.384 e. The van der Waals surface area contributed by atoms with Gasteiger partial charge in [0, 0.05) is 51.6 Å². The van der Waals surface area contributed by atoms with Crippen molar-refractivity contribution >= 4 is 15.9 Å². The molecule has 0 radical (unpaired) electrons. The molecule has 2 saturated heterocycles. The summed E-state index contributed by atoms with van der Waals surface area (Å²) in [5.74, 6) is 0.185. The number of piperidine rings is 1. The zero-order valence-electron chi connectivity index (χ0n) is 14.6. The van der Waals surface area contributed by atoms with Crippen LogP contribution in [-0.2, 0) is 14.8 Å². The van der Waals surface area contributed by atoms with Gasteiger partial charge in [-0.25, -0.2) is 22.7 Å². The smallest absolute Gasteiger partial charge is 0.291 e. The molecule has 0 aliphatic carbocycles. The van der Waals surface area contributed by atoms with Gasteiger partial charge in [0.1, 0.15) is 0 Å². The maximum atomic E-state index is 12.5. The van der Waals surface area contributed by atoms with Crippen molar-refractivity contribution in [3.8, 4) is 0 Å². The predicted octanol–water partition coefficient (Wildman–Crippen LogP) is 0.237. The highest BCUT2D eigenvalue weighted by Gasteiger charge is 2.50. The van der Waals surface area contributed by atoms with Gasteiger partial charge in [-0.3, -0.25) is 4.79 Å². The lowest BCUT2D eigenvalue weighted by molar-refractivity contribution is 0.0321. The molecule has 2 aliphatic heterocycles. The summed E-state index contributed by atoms with van der Waals surface area (Å²) in [5, 5.41) is 0. The minimum absolute atomic E-state index is 0.132. The number of hydrogen-bond acceptors (Lipinski definition) is 6. The van der Waals surface area contributed by atoms with Gasteiger partial charge in [-0.2, -0.15) is 0 Å². The Bertz CT molecular complexity index is 717. The molecule has 1 amide bonds. The van der Waals surface area contributed by atoms with E-state index in [9.17, 15) is 13.2 Å². The summed E-state index contributed by atoms with van der Waals surface area (Å²) in [5.41, 5.74) is -0.132. The maximum Gasteiger partial charge on any atom is 0.291 e. The molecular weight excluding hydrogens is 344 g/mol. The zero-order chi connectivity index (χ0) is 18.1. The molecule has 0 aromatic carbocycles. The van der Waals surface area contributed by atoms with E-state index in [1.54, 1.807) is 34.8 Å². The first-order valence-electron chi connectivity index (χ1n) is 8.36. The van der Waals surface area contributed by atoms with Crippen LogP contribution in [0.5, 0.6) is 0 Å². The molecule has 3 rings (SSSR count). The summed E-state index contributed by atoms with van der Waals surface area (Å²) < 4.78 is 30.8. The normalized spacial score (nSPS) is 23.9. The number of nitrogens with zero attached hydrogens (tertiary/aromatic N) is 4. The van der Waals surface area contributed by atoms with E-state index in [1.165, 1.54) is 6.26 Å². The molecular formula is C16H24N4O4S. The average molecular weight is 368 g/mol. The fourth-order valence-electron chi connectivity index (χ4n) is 3.94. The molecule has 1 spiro atoms. The summed E-state index contributed by atoms with van der Waals surface area (Å²) in [6.45, 7) is 2.68. The van der Waals surface area contributed by atoms with E-state index >= 15 is 0 Å². The lowest BCUT2D eigenvalue weighted by Crippen LogP contribution is -2.47. The second-order valence-corrected chi connectivity index (χ2v) is 8.92. The Balaban J connectivity index is 1.71. The van der Waals surface area contributed by atoms with E-state index in [-0.39, 0.29) is 23.1 Å². The predicted molar refractivity (Wildman–Crippen MR) is 91.4 cm³/mol. The van der Waals surface area contributed by atoms with Crippen molar-refractivity contribution in [3.63, 3.8) is 0 Å². The van der Waals surface area contributed by atoms with Crippen LogP contribution >= 0.6 is 0 Å². The fourth-order valence-corrected chi connectivity index (χ4v) is 4.88. The highest BCUT2D eigenvalue weighted by molar-refractivity contribution is 7.88. The van der Waals surface area contributed by atoms with Crippen molar-refractivity contribution in [3.05, 3.63) is 24.3 Å². The molecule has 2 aliphatic rings. The quantitative estimate of drug-likeness (QED) is 0.756. The highest BCUT2D eigenvalue weighted by Crippen LogP contribution is 2.45. The third-order valence-electron chi connectivity index (χ3n) is 5.42. The lowest BCUT2D eigenvalue weighted by atomic mass is 9.71. The second kappa shape index (κ2) is 6.97. The van der Waals surface area contributed by atoms with Crippen LogP contribution in [0, 0.1) is 11.3 Å². The number of methoxy groups -OCH3 is 1. The Morgan fingerprint density at radius 3 is 2.52 bits per heavy atom. The number of ether oxygens (including phenoxy) is 1. The third-order valence-corrected chi connectivity index (χ3v) is 6.64. The molecule has 0 N–H and O–H groups in total. The highest BCUT2D eigenvalue weighted by atomic mass is 32.2. The number of carbonyl (C=O) groups is 1. The molecule has 1 unspecified atom stereocenters. The van der Waals surface area contributed by atoms with Crippen LogP contribution in [0.1, 0.15) is 23.5 Å². The number of sulfonamides is 1. The van der Waals surface area contributed by atoms with E-state index in [0.717, 1.165) is 12.8 Å². The zero-order valence-corrected chi connectivity index (χ0v) is 15.4. The van der Waals surface area contributed by atoms with Gasteiger partial charge in [-0.15, -0.1) is 0 Å². The molecule has 2 fully saturated rings. The summed E-state index contributed by atoms with van der Waals surface area (Å²) in [4.78, 5) is 22.3. The fraction of sp³-hybridized carbons (Fsp3) is 0.688. The summed E-state index contributed by atoms with van der Waals surface area (Å²) in [6.07, 6.45) is 5.88. The minimum Gasteiger partial charge on any atom is -0.384 e. The molecule has 138 valence electrons. The van der Waals surface area contributed by atoms with Crippen LogP contribution in [0.4, 0.5) is 0 Å². The number of amides is 1. The van der Waals surface area contributed by atoms with Gasteiger partial charge >= 0.3 is 0 Å². The van der Waals surface area contributed by atoms with Crippen molar-refractivity contribution in [2.45, 2.75) is 12.8 Å². The Kier molecular flexibility index (Phi) is 5.08. The van der Waals surface area contributed by atoms with Crippen molar-refractivity contribution in [1.29, 1.82) is 0 Å². The molecule has 1 atom stereocenters. The molecule has 1 aromatic heterocycles. The van der Waals surface area contributed by atoms with Crippen LogP contribution in [0.25, 0.3) is 0 Å². The molecule has 0 bridgehead atoms. The summed E-state index contributed by atoms with van der Waals surface area (Å²) >= 11 is 0. The second-order valence-electron chi connectivity index (χ2n) is 6.93. The number of aromatic nitrogens is 2. The van der Waals surface area contributed by atoms with E-state index in [2.05, 4.69) is 9.97 Å². The summed E-state index contributed by atoms with van der Waals surface area (Å²) in [6, 6.07) is 1.68. The molecule has 0 saturated carbocycles.